The molecule has 258 valence electrons. The van der Waals surface area contributed by atoms with Gasteiger partial charge in [-0.25, -0.2) is 8.42 Å². The first-order chi connectivity index (χ1) is 21.3. The standard InChI is InChI=1S/C30H38N2O11S4/c1-21-9-11-25-23(19-21)29(2,3)27(31(25)13-15-45(35,36)37)7-6-8-28-30(4,5)24-20-22(44(33,34)17-18-47(41,42)43)10-12-26(24)32(28)14-16-46(38,39)40/h6-12,19-20H,13-18H2,1-5H3,(H2-,35,36,37,38,39,40,41,42,43)/p+1. The van der Waals surface area contributed by atoms with Gasteiger partial charge in [-0.3, -0.25) is 13.7 Å². The third kappa shape index (κ3) is 8.21. The fraction of sp³-hybridized carbons (Fsp3) is 0.433. The third-order valence-electron chi connectivity index (χ3n) is 8.53. The maximum atomic E-state index is 13.0. The van der Waals surface area contributed by atoms with Crippen molar-refractivity contribution in [3.05, 3.63) is 77.0 Å². The van der Waals surface area contributed by atoms with Crippen LogP contribution in [0.2, 0.25) is 0 Å². The van der Waals surface area contributed by atoms with E-state index in [9.17, 15) is 42.8 Å². The van der Waals surface area contributed by atoms with Gasteiger partial charge in [0.15, 0.2) is 22.1 Å². The van der Waals surface area contributed by atoms with Gasteiger partial charge in [0.25, 0.3) is 30.4 Å². The molecule has 2 aromatic rings. The van der Waals surface area contributed by atoms with E-state index in [0.29, 0.717) is 17.0 Å². The fourth-order valence-electron chi connectivity index (χ4n) is 6.10. The summed E-state index contributed by atoms with van der Waals surface area (Å²) in [6, 6.07) is 9.97. The van der Waals surface area contributed by atoms with E-state index in [1.165, 1.54) is 18.2 Å². The monoisotopic (exact) mass is 731 g/mol. The second-order valence-corrected chi connectivity index (χ2v) is 19.6. The molecule has 17 heteroatoms. The normalized spacial score (nSPS) is 18.7. The molecule has 0 saturated carbocycles. The maximum Gasteiger partial charge on any atom is 0.271 e. The Balaban J connectivity index is 1.81. The zero-order chi connectivity index (χ0) is 35.4. The number of hydrogen-bond donors (Lipinski definition) is 3. The predicted octanol–water partition coefficient (Wildman–Crippen LogP) is 3.05. The van der Waals surface area contributed by atoms with Gasteiger partial charge in [-0.2, -0.15) is 29.8 Å². The minimum atomic E-state index is -4.53. The van der Waals surface area contributed by atoms with Gasteiger partial charge in [-0.05, 0) is 50.6 Å². The highest BCUT2D eigenvalue weighted by Gasteiger charge is 2.45. The Hall–Kier alpha value is -2.93. The molecule has 2 aliphatic rings. The largest absolute Gasteiger partial charge is 0.343 e. The quantitative estimate of drug-likeness (QED) is 0.213. The third-order valence-corrected chi connectivity index (χ3v) is 12.6. The Morgan fingerprint density at radius 3 is 1.96 bits per heavy atom. The summed E-state index contributed by atoms with van der Waals surface area (Å²) in [5, 5.41) is 0. The molecule has 47 heavy (non-hydrogen) atoms. The van der Waals surface area contributed by atoms with E-state index in [-0.39, 0.29) is 18.0 Å². The first-order valence-electron chi connectivity index (χ1n) is 14.5. The van der Waals surface area contributed by atoms with Crippen LogP contribution >= 0.6 is 0 Å². The smallest absolute Gasteiger partial charge is 0.271 e. The molecule has 0 amide bonds. The van der Waals surface area contributed by atoms with Crippen LogP contribution in [0.5, 0.6) is 0 Å². The highest BCUT2D eigenvalue weighted by molar-refractivity contribution is 7.93. The molecule has 2 aliphatic heterocycles. The van der Waals surface area contributed by atoms with Crippen LogP contribution < -0.4 is 4.90 Å². The number of aryl methyl sites for hydroxylation is 1. The molecular formula is C30H39N2O11S4+. The van der Waals surface area contributed by atoms with Crippen LogP contribution in [-0.4, -0.2) is 93.7 Å². The summed E-state index contributed by atoms with van der Waals surface area (Å²) in [4.78, 5) is 1.65. The van der Waals surface area contributed by atoms with Crippen LogP contribution in [0.1, 0.15) is 44.4 Å². The number of fused-ring (bicyclic) bond motifs is 2. The van der Waals surface area contributed by atoms with Crippen molar-refractivity contribution in [2.45, 2.75) is 50.3 Å². The average Bonchev–Trinajstić information content (AvgIpc) is 3.26. The van der Waals surface area contributed by atoms with Crippen molar-refractivity contribution in [2.24, 2.45) is 0 Å². The van der Waals surface area contributed by atoms with Crippen LogP contribution in [0.25, 0.3) is 0 Å². The van der Waals surface area contributed by atoms with Crippen LogP contribution in [0, 0.1) is 6.92 Å². The van der Waals surface area contributed by atoms with E-state index in [4.69, 9.17) is 4.55 Å². The zero-order valence-electron chi connectivity index (χ0n) is 26.6. The van der Waals surface area contributed by atoms with Crippen molar-refractivity contribution in [3.63, 3.8) is 0 Å². The summed E-state index contributed by atoms with van der Waals surface area (Å²) < 4.78 is 125. The molecule has 0 radical (unpaired) electrons. The van der Waals surface area contributed by atoms with Crippen molar-refractivity contribution in [3.8, 4) is 0 Å². The van der Waals surface area contributed by atoms with Crippen LogP contribution in [0.15, 0.2) is 65.2 Å². The van der Waals surface area contributed by atoms with Gasteiger partial charge in [0.2, 0.25) is 5.69 Å². The molecule has 0 spiro atoms. The Morgan fingerprint density at radius 2 is 1.36 bits per heavy atom. The lowest BCUT2D eigenvalue weighted by Gasteiger charge is -2.26. The van der Waals surface area contributed by atoms with Gasteiger partial charge < -0.3 is 4.90 Å². The number of rotatable bonds is 12. The molecule has 0 aliphatic carbocycles. The Morgan fingerprint density at radius 1 is 0.745 bits per heavy atom. The average molecular weight is 732 g/mol. The zero-order valence-corrected chi connectivity index (χ0v) is 29.8. The van der Waals surface area contributed by atoms with E-state index in [1.807, 2.05) is 43.9 Å². The minimum absolute atomic E-state index is 0.0131. The van der Waals surface area contributed by atoms with Crippen molar-refractivity contribution >= 4 is 57.3 Å². The molecule has 13 nitrogen and oxygen atoms in total. The summed E-state index contributed by atoms with van der Waals surface area (Å²) in [5.74, 6) is -2.95. The Labute approximate surface area is 276 Å². The first-order valence-corrected chi connectivity index (χ1v) is 21.0. The molecule has 0 aromatic heterocycles. The van der Waals surface area contributed by atoms with Crippen molar-refractivity contribution in [2.75, 3.05) is 41.0 Å². The highest BCUT2D eigenvalue weighted by Crippen LogP contribution is 2.48. The molecule has 2 heterocycles. The van der Waals surface area contributed by atoms with Gasteiger partial charge in [-0.1, -0.05) is 37.6 Å². The van der Waals surface area contributed by atoms with E-state index in [2.05, 4.69) is 0 Å². The molecule has 2 aromatic carbocycles. The molecule has 4 rings (SSSR count). The van der Waals surface area contributed by atoms with Crippen LogP contribution in [0.3, 0.4) is 0 Å². The van der Waals surface area contributed by atoms with Crippen molar-refractivity contribution < 1.29 is 51.9 Å². The molecule has 0 fully saturated rings. The van der Waals surface area contributed by atoms with Crippen LogP contribution in [0.4, 0.5) is 11.4 Å². The van der Waals surface area contributed by atoms with Crippen LogP contribution in [-0.2, 0) is 51.0 Å². The topological polar surface area (TPSA) is 203 Å². The number of anilines is 1. The summed E-state index contributed by atoms with van der Waals surface area (Å²) >= 11 is 0. The number of sulfone groups is 1. The lowest BCUT2D eigenvalue weighted by atomic mass is 9.81. The van der Waals surface area contributed by atoms with Crippen molar-refractivity contribution in [1.29, 1.82) is 0 Å². The number of nitrogens with zero attached hydrogens (tertiary/aromatic N) is 2. The van der Waals surface area contributed by atoms with Gasteiger partial charge >= 0.3 is 0 Å². The maximum absolute atomic E-state index is 13.0. The van der Waals surface area contributed by atoms with Gasteiger partial charge in [0.05, 0.1) is 27.6 Å². The Bertz CT molecular complexity index is 2150. The first kappa shape index (κ1) is 36.9. The second-order valence-electron chi connectivity index (χ2n) is 12.7. The Kier molecular flexibility index (Phi) is 9.82. The van der Waals surface area contributed by atoms with E-state index in [1.54, 1.807) is 36.7 Å². The van der Waals surface area contributed by atoms with E-state index >= 15 is 0 Å². The second kappa shape index (κ2) is 12.5. The van der Waals surface area contributed by atoms with Gasteiger partial charge in [0, 0.05) is 41.1 Å². The predicted molar refractivity (Wildman–Crippen MR) is 179 cm³/mol. The number of allylic oxidation sites excluding steroid dienone is 4. The van der Waals surface area contributed by atoms with E-state index in [0.717, 1.165) is 22.5 Å². The lowest BCUT2D eigenvalue weighted by Crippen LogP contribution is -2.30. The van der Waals surface area contributed by atoms with Gasteiger partial charge in [0.1, 0.15) is 5.75 Å². The molecule has 0 bridgehead atoms. The fourth-order valence-corrected chi connectivity index (χ4v) is 9.45. The SMILES string of the molecule is Cc1ccc2c(c1)C(C)(C)/C(=C\C=CC1=[N+](CCS(=O)(=O)O)c3ccc(S(=O)(=O)CCS(=O)(=O)O)cc3C1(C)C)N2CCS(=O)(=O)O. The minimum Gasteiger partial charge on any atom is -0.343 e. The summed E-state index contributed by atoms with van der Waals surface area (Å²) in [6.07, 6.45) is 5.26. The molecule has 0 unspecified atom stereocenters. The van der Waals surface area contributed by atoms with E-state index < -0.39 is 74.0 Å². The van der Waals surface area contributed by atoms with Crippen molar-refractivity contribution in [1.82, 2.24) is 0 Å². The van der Waals surface area contributed by atoms with Gasteiger partial charge in [-0.15, -0.1) is 0 Å². The summed E-state index contributed by atoms with van der Waals surface area (Å²) in [5.41, 5.74) is 3.59. The summed E-state index contributed by atoms with van der Waals surface area (Å²) in [7, 11) is -17.3. The summed E-state index contributed by atoms with van der Waals surface area (Å²) in [6.45, 7) is 9.35. The molecular weight excluding hydrogens is 693 g/mol. The molecule has 3 N–H and O–H groups in total. The molecule has 0 atom stereocenters. The molecule has 0 saturated heterocycles. The number of hydrogen-bond acceptors (Lipinski definition) is 9. The number of benzene rings is 2. The highest BCUT2D eigenvalue weighted by atomic mass is 32.2. The lowest BCUT2D eigenvalue weighted by molar-refractivity contribution is -0.432.